The lowest BCUT2D eigenvalue weighted by atomic mass is 9.61. The molecule has 2 unspecified atom stereocenters. The summed E-state index contributed by atoms with van der Waals surface area (Å²) in [4.78, 5) is 2.07. The summed E-state index contributed by atoms with van der Waals surface area (Å²) in [6.07, 6.45) is 32.2. The first-order valence-electron chi connectivity index (χ1n) is 18.7. The van der Waals surface area contributed by atoms with Crippen molar-refractivity contribution in [2.45, 2.75) is 49.8 Å². The summed E-state index contributed by atoms with van der Waals surface area (Å²) in [6, 6.07) is 33.1. The minimum absolute atomic E-state index is 0.0167. The summed E-state index contributed by atoms with van der Waals surface area (Å²) < 4.78 is 2.49. The largest absolute Gasteiger partial charge is 0.312 e. The lowest BCUT2D eigenvalue weighted by Crippen LogP contribution is -2.36. The van der Waals surface area contributed by atoms with Gasteiger partial charge in [0.2, 0.25) is 0 Å². The lowest BCUT2D eigenvalue weighted by Gasteiger charge is -2.43. The van der Waals surface area contributed by atoms with E-state index in [2.05, 4.69) is 183 Å². The average Bonchev–Trinajstić information content (AvgIpc) is 3.54. The first-order chi connectivity index (χ1) is 26.0. The van der Waals surface area contributed by atoms with Crippen molar-refractivity contribution >= 4 is 58.3 Å². The van der Waals surface area contributed by atoms with E-state index in [1.54, 1.807) is 0 Å². The maximum absolute atomic E-state index is 5.59. The van der Waals surface area contributed by atoms with E-state index in [0.717, 1.165) is 46.6 Å². The zero-order valence-electron chi connectivity index (χ0n) is 30.6. The molecule has 3 heteroatoms. The second-order valence-corrected chi connectivity index (χ2v) is 14.8. The van der Waals surface area contributed by atoms with Gasteiger partial charge in [0.25, 0.3) is 0 Å². The third kappa shape index (κ3) is 6.85. The Kier molecular flexibility index (Phi) is 11.2. The molecule has 2 aliphatic rings. The van der Waals surface area contributed by atoms with Gasteiger partial charge in [0.15, 0.2) is 0 Å². The molecule has 0 spiro atoms. The van der Waals surface area contributed by atoms with Gasteiger partial charge in [-0.1, -0.05) is 171 Å². The van der Waals surface area contributed by atoms with E-state index < -0.39 is 5.41 Å². The quantitative estimate of drug-likeness (QED) is 0.0987. The van der Waals surface area contributed by atoms with Crippen LogP contribution in [0.4, 0.5) is 0 Å². The number of benzene rings is 4. The number of fused-ring (bicyclic) bond motifs is 3. The number of aromatic nitrogens is 1. The van der Waals surface area contributed by atoms with Gasteiger partial charge in [-0.3, -0.25) is 0 Å². The van der Waals surface area contributed by atoms with E-state index in [1.165, 1.54) is 49.8 Å². The summed E-state index contributed by atoms with van der Waals surface area (Å²) in [5.41, 5.74) is 10.2. The molecule has 0 saturated carbocycles. The molecule has 0 fully saturated rings. The molecule has 2 atom stereocenters. The molecule has 0 bridgehead atoms. The van der Waals surface area contributed by atoms with Gasteiger partial charge in [-0.2, -0.15) is 0 Å². The number of rotatable bonds is 11. The zero-order chi connectivity index (χ0) is 36.8. The molecule has 1 heterocycles. The van der Waals surface area contributed by atoms with Gasteiger partial charge in [0, 0.05) is 32.3 Å². The van der Waals surface area contributed by atoms with Gasteiger partial charge in [0.1, 0.15) is 0 Å². The van der Waals surface area contributed by atoms with Crippen LogP contribution < -0.4 is 0 Å². The van der Waals surface area contributed by atoms with Crippen LogP contribution in [-0.2, 0) is 5.41 Å². The number of thiol groups is 2. The molecule has 0 saturated heterocycles. The van der Waals surface area contributed by atoms with Gasteiger partial charge in [-0.05, 0) is 83.4 Å². The van der Waals surface area contributed by atoms with E-state index in [0.29, 0.717) is 0 Å². The molecule has 4 aromatic carbocycles. The van der Waals surface area contributed by atoms with Crippen LogP contribution >= 0.6 is 25.3 Å². The van der Waals surface area contributed by atoms with E-state index in [4.69, 9.17) is 25.3 Å². The van der Waals surface area contributed by atoms with Crippen LogP contribution in [0.3, 0.4) is 0 Å². The summed E-state index contributed by atoms with van der Waals surface area (Å²) >= 11 is 10.8. The molecule has 0 radical (unpaired) electrons. The van der Waals surface area contributed by atoms with Crippen LogP contribution in [0.2, 0.25) is 0 Å². The molecule has 7 rings (SSSR count). The van der Waals surface area contributed by atoms with Gasteiger partial charge in [-0.15, -0.1) is 25.3 Å². The highest BCUT2D eigenvalue weighted by atomic mass is 32.1. The Morgan fingerprint density at radius 3 is 2.32 bits per heavy atom. The first kappa shape index (κ1) is 36.4. The fraction of sp³-hybridized carbons (Fsp3) is 0.160. The highest BCUT2D eigenvalue weighted by Gasteiger charge is 2.43. The predicted molar refractivity (Wildman–Crippen MR) is 238 cm³/mol. The highest BCUT2D eigenvalue weighted by Crippen LogP contribution is 2.53. The van der Waals surface area contributed by atoms with Crippen molar-refractivity contribution in [1.29, 1.82) is 0 Å². The smallest absolute Gasteiger partial charge is 0.0616 e. The summed E-state index contributed by atoms with van der Waals surface area (Å²) in [5, 5.41) is 2.51. The van der Waals surface area contributed by atoms with Crippen molar-refractivity contribution in [2.24, 2.45) is 5.92 Å². The summed E-state index contributed by atoms with van der Waals surface area (Å²) in [5.74, 6) is -0.0167. The fourth-order valence-electron chi connectivity index (χ4n) is 8.29. The monoisotopic (exact) mass is 725 g/mol. The van der Waals surface area contributed by atoms with E-state index in [1.807, 2.05) is 12.2 Å². The maximum atomic E-state index is 5.59. The van der Waals surface area contributed by atoms with Crippen molar-refractivity contribution < 1.29 is 0 Å². The fourth-order valence-corrected chi connectivity index (χ4v) is 9.13. The Balaban J connectivity index is 1.56. The molecule has 1 nitrogen and oxygen atoms in total. The Morgan fingerprint density at radius 1 is 0.792 bits per heavy atom. The van der Waals surface area contributed by atoms with Crippen molar-refractivity contribution in [3.63, 3.8) is 0 Å². The highest BCUT2D eigenvalue weighted by molar-refractivity contribution is 7.84. The molecule has 0 amide bonds. The van der Waals surface area contributed by atoms with Crippen LogP contribution in [0.25, 0.3) is 44.2 Å². The van der Waals surface area contributed by atoms with Gasteiger partial charge in [0.05, 0.1) is 11.0 Å². The Morgan fingerprint density at radius 2 is 1.55 bits per heavy atom. The standard InChI is InChI=1S/C50H47NS2/c1-4-6-8-19-35-50(44-31-16-18-34-47(44)52,36(3)39(26-7-5-2)37-22-11-9-12-23-37)45-32-21-30-43(49(45)53)42-29-20-28-41-40-27-15-17-33-46(40)51(48(41)42)38-24-13-10-14-25-38/h4-13,15-17,19-24,26-33,35-36,52-53H,1,14,18,25,34H2,2-3H3/b7-5-,8-6-,35-19-,39-26+. The molecular weight excluding hydrogens is 679 g/mol. The maximum Gasteiger partial charge on any atom is 0.0616 e. The van der Waals surface area contributed by atoms with Gasteiger partial charge < -0.3 is 4.57 Å². The van der Waals surface area contributed by atoms with Crippen molar-refractivity contribution in [1.82, 2.24) is 4.57 Å². The lowest BCUT2D eigenvalue weighted by molar-refractivity contribution is 0.499. The van der Waals surface area contributed by atoms with E-state index >= 15 is 0 Å². The molecular formula is C50H47NS2. The molecule has 0 aliphatic heterocycles. The third-order valence-electron chi connectivity index (χ3n) is 10.8. The van der Waals surface area contributed by atoms with Gasteiger partial charge in [-0.25, -0.2) is 0 Å². The van der Waals surface area contributed by atoms with E-state index in [-0.39, 0.29) is 5.92 Å². The summed E-state index contributed by atoms with van der Waals surface area (Å²) in [6.45, 7) is 8.38. The molecule has 53 heavy (non-hydrogen) atoms. The zero-order valence-corrected chi connectivity index (χ0v) is 32.4. The topological polar surface area (TPSA) is 4.93 Å². The van der Waals surface area contributed by atoms with Crippen molar-refractivity contribution in [3.8, 4) is 11.1 Å². The molecule has 264 valence electrons. The van der Waals surface area contributed by atoms with Crippen LogP contribution in [0.5, 0.6) is 0 Å². The Bertz CT molecular complexity index is 2410. The van der Waals surface area contributed by atoms with Crippen LogP contribution in [0.15, 0.2) is 192 Å². The molecule has 0 N–H and O–H groups in total. The number of hydrogen-bond donors (Lipinski definition) is 2. The van der Waals surface area contributed by atoms with Crippen molar-refractivity contribution in [2.75, 3.05) is 0 Å². The number of allylic oxidation sites excluding steroid dienone is 17. The minimum atomic E-state index is -0.632. The third-order valence-corrected chi connectivity index (χ3v) is 11.7. The normalized spacial score (nSPS) is 17.1. The SMILES string of the molecule is C=C/C=C\C=C/C(C1=C(S)CCC=C1)(c1cccc(-c2cccc3c4ccccc4n(C4=CC=CCC4)c23)c1S)C(C)/C(=C\C=C/C)c1ccccc1. The number of para-hydroxylation sites is 2. The Hall–Kier alpha value is -4.96. The molecule has 1 aromatic heterocycles. The van der Waals surface area contributed by atoms with Crippen LogP contribution in [-0.4, -0.2) is 4.57 Å². The molecule has 5 aromatic rings. The number of nitrogens with zero attached hydrogens (tertiary/aromatic N) is 1. The predicted octanol–water partition coefficient (Wildman–Crippen LogP) is 14.3. The average molecular weight is 726 g/mol. The summed E-state index contributed by atoms with van der Waals surface area (Å²) in [7, 11) is 0. The van der Waals surface area contributed by atoms with Crippen molar-refractivity contribution in [3.05, 3.63) is 198 Å². The second kappa shape index (κ2) is 16.4. The molecule has 2 aliphatic carbocycles. The second-order valence-electron chi connectivity index (χ2n) is 13.8. The van der Waals surface area contributed by atoms with Gasteiger partial charge >= 0.3 is 0 Å². The number of hydrogen-bond acceptors (Lipinski definition) is 2. The van der Waals surface area contributed by atoms with Crippen LogP contribution in [0, 0.1) is 5.92 Å². The Labute approximate surface area is 326 Å². The van der Waals surface area contributed by atoms with E-state index in [9.17, 15) is 0 Å². The van der Waals surface area contributed by atoms with Crippen LogP contribution in [0.1, 0.15) is 50.7 Å². The minimum Gasteiger partial charge on any atom is -0.312 e. The first-order valence-corrected chi connectivity index (χ1v) is 19.6.